The molecule has 2 aromatic heterocycles. The van der Waals surface area contributed by atoms with Crippen LogP contribution in [0.2, 0.25) is 5.02 Å². The summed E-state index contributed by atoms with van der Waals surface area (Å²) in [5, 5.41) is 4.68. The van der Waals surface area contributed by atoms with Crippen LogP contribution in [0.4, 0.5) is 4.39 Å². The van der Waals surface area contributed by atoms with Crippen molar-refractivity contribution < 1.29 is 22.1 Å². The topological polar surface area (TPSA) is 102 Å². The lowest BCUT2D eigenvalue weighted by Gasteiger charge is -2.15. The van der Waals surface area contributed by atoms with Crippen LogP contribution < -0.4 is 10.3 Å². The molecule has 5 rings (SSSR count). The van der Waals surface area contributed by atoms with Crippen molar-refractivity contribution in [1.29, 1.82) is 0 Å². The monoisotopic (exact) mass is 524 g/mol. The maximum Gasteiger partial charge on any atom is 0.255 e. The van der Waals surface area contributed by atoms with Crippen LogP contribution in [0.25, 0.3) is 33.0 Å². The van der Waals surface area contributed by atoms with E-state index < -0.39 is 21.2 Å². The van der Waals surface area contributed by atoms with Crippen LogP contribution in [0.3, 0.4) is 0 Å². The summed E-state index contributed by atoms with van der Waals surface area (Å²) in [6, 6.07) is 15.4. The van der Waals surface area contributed by atoms with Crippen molar-refractivity contribution in [1.82, 2.24) is 10.1 Å². The number of aromatic nitrogens is 2. The van der Waals surface area contributed by atoms with Crippen LogP contribution in [-0.2, 0) is 15.6 Å². The van der Waals surface area contributed by atoms with E-state index in [0.29, 0.717) is 38.4 Å². The minimum atomic E-state index is -3.80. The molecule has 0 radical (unpaired) electrons. The summed E-state index contributed by atoms with van der Waals surface area (Å²) in [5.41, 5.74) is 1.50. The van der Waals surface area contributed by atoms with Crippen molar-refractivity contribution >= 4 is 32.2 Å². The van der Waals surface area contributed by atoms with E-state index in [0.717, 1.165) is 0 Å². The Kier molecular flexibility index (Phi) is 6.11. The van der Waals surface area contributed by atoms with Gasteiger partial charge in [0.25, 0.3) is 5.56 Å². The fourth-order valence-electron chi connectivity index (χ4n) is 4.06. The van der Waals surface area contributed by atoms with Gasteiger partial charge in [-0.2, -0.15) is 0 Å². The largest absolute Gasteiger partial charge is 0.496 e. The number of fused-ring (bicyclic) bond motifs is 1. The summed E-state index contributed by atoms with van der Waals surface area (Å²) in [5.74, 6) is -0.530. The summed E-state index contributed by atoms with van der Waals surface area (Å²) < 4.78 is 51.3. The zero-order chi connectivity index (χ0) is 25.4. The van der Waals surface area contributed by atoms with Gasteiger partial charge in [0.15, 0.2) is 9.84 Å². The second kappa shape index (κ2) is 9.25. The molecule has 10 heteroatoms. The first-order valence-electron chi connectivity index (χ1n) is 10.7. The molecule has 0 unspecified atom stereocenters. The first-order chi connectivity index (χ1) is 17.3. The Morgan fingerprint density at radius 1 is 1.03 bits per heavy atom. The maximum absolute atomic E-state index is 15.3. The molecule has 36 heavy (non-hydrogen) atoms. The molecule has 0 saturated heterocycles. The van der Waals surface area contributed by atoms with Crippen molar-refractivity contribution in [2.45, 2.75) is 10.6 Å². The van der Waals surface area contributed by atoms with E-state index in [1.165, 1.54) is 49.9 Å². The minimum Gasteiger partial charge on any atom is -0.496 e. The van der Waals surface area contributed by atoms with E-state index in [1.54, 1.807) is 30.3 Å². The molecule has 0 saturated carbocycles. The summed E-state index contributed by atoms with van der Waals surface area (Å²) in [6.07, 6.45) is 2.73. The molecule has 0 aliphatic rings. The molecule has 0 fully saturated rings. The second-order valence-electron chi connectivity index (χ2n) is 8.03. The highest BCUT2D eigenvalue weighted by molar-refractivity contribution is 7.90. The lowest BCUT2D eigenvalue weighted by atomic mass is 9.96. The van der Waals surface area contributed by atoms with Crippen molar-refractivity contribution in [3.63, 3.8) is 0 Å². The predicted molar refractivity (Wildman–Crippen MR) is 134 cm³/mol. The third-order valence-electron chi connectivity index (χ3n) is 5.78. The number of benzene rings is 3. The van der Waals surface area contributed by atoms with E-state index in [4.69, 9.17) is 20.9 Å². The van der Waals surface area contributed by atoms with Crippen LogP contribution in [0.15, 0.2) is 87.3 Å². The zero-order valence-electron chi connectivity index (χ0n) is 18.8. The lowest BCUT2D eigenvalue weighted by Crippen LogP contribution is -2.10. The van der Waals surface area contributed by atoms with Crippen molar-refractivity contribution in [3.8, 4) is 28.0 Å². The number of methoxy groups -OCH3 is 1. The SMILES string of the molecule is COc1cc(-c2cccc(Cl)c2)c(F)cc1-c1c[nH]c(=O)c2cc(S(=O)(=O)Cc3ccon3)ccc12. The van der Waals surface area contributed by atoms with Gasteiger partial charge in [0.2, 0.25) is 0 Å². The van der Waals surface area contributed by atoms with Gasteiger partial charge in [-0.15, -0.1) is 0 Å². The highest BCUT2D eigenvalue weighted by Gasteiger charge is 2.21. The summed E-state index contributed by atoms with van der Waals surface area (Å²) in [4.78, 5) is 15.2. The smallest absolute Gasteiger partial charge is 0.255 e. The Morgan fingerprint density at radius 3 is 2.58 bits per heavy atom. The van der Waals surface area contributed by atoms with Gasteiger partial charge in [-0.1, -0.05) is 35.0 Å². The molecule has 0 aliphatic carbocycles. The van der Waals surface area contributed by atoms with Gasteiger partial charge < -0.3 is 14.2 Å². The number of halogens is 2. The van der Waals surface area contributed by atoms with Crippen molar-refractivity contribution in [2.75, 3.05) is 7.11 Å². The number of pyridine rings is 1. The average Bonchev–Trinajstić information content (AvgIpc) is 3.36. The molecule has 2 heterocycles. The molecule has 0 spiro atoms. The lowest BCUT2D eigenvalue weighted by molar-refractivity contribution is 0.413. The van der Waals surface area contributed by atoms with Gasteiger partial charge in [-0.3, -0.25) is 4.79 Å². The Balaban J connectivity index is 1.64. The minimum absolute atomic E-state index is 0.0462. The van der Waals surface area contributed by atoms with E-state index in [-0.39, 0.29) is 21.7 Å². The number of aromatic amines is 1. The standard InChI is InChI=1S/C26H18ClFN2O5S/c1-34-25-12-20(15-3-2-4-16(27)9-15)24(28)11-21(25)23-13-29-26(31)22-10-18(5-6-19(22)23)36(32,33)14-17-7-8-35-30-17/h2-13H,14H2,1H3,(H,29,31). The first-order valence-corrected chi connectivity index (χ1v) is 12.7. The molecule has 0 aliphatic heterocycles. The van der Waals surface area contributed by atoms with E-state index in [9.17, 15) is 13.2 Å². The second-order valence-corrected chi connectivity index (χ2v) is 10.5. The third-order valence-corrected chi connectivity index (χ3v) is 7.66. The van der Waals surface area contributed by atoms with Gasteiger partial charge in [-0.05, 0) is 47.3 Å². The fourth-order valence-corrected chi connectivity index (χ4v) is 5.52. The number of ether oxygens (including phenoxy) is 1. The zero-order valence-corrected chi connectivity index (χ0v) is 20.4. The van der Waals surface area contributed by atoms with Crippen LogP contribution >= 0.6 is 11.6 Å². The highest BCUT2D eigenvalue weighted by Crippen LogP contribution is 2.39. The van der Waals surface area contributed by atoms with Crippen LogP contribution in [0.5, 0.6) is 5.75 Å². The molecule has 0 bridgehead atoms. The van der Waals surface area contributed by atoms with Crippen LogP contribution in [-0.4, -0.2) is 25.7 Å². The Morgan fingerprint density at radius 2 is 1.86 bits per heavy atom. The molecular formula is C26H18ClFN2O5S. The van der Waals surface area contributed by atoms with Crippen molar-refractivity contribution in [2.24, 2.45) is 0 Å². The number of nitrogens with one attached hydrogen (secondary N) is 1. The number of rotatable bonds is 6. The first kappa shape index (κ1) is 23.8. The summed E-state index contributed by atoms with van der Waals surface area (Å²) >= 11 is 6.07. The number of hydrogen-bond acceptors (Lipinski definition) is 6. The molecule has 7 nitrogen and oxygen atoms in total. The molecule has 3 aromatic carbocycles. The molecule has 5 aromatic rings. The van der Waals surface area contributed by atoms with Gasteiger partial charge in [0.1, 0.15) is 23.6 Å². The number of sulfone groups is 1. The summed E-state index contributed by atoms with van der Waals surface area (Å²) in [7, 11) is -2.34. The number of hydrogen-bond donors (Lipinski definition) is 1. The van der Waals surface area contributed by atoms with Crippen LogP contribution in [0, 0.1) is 5.82 Å². The average molecular weight is 525 g/mol. The molecular weight excluding hydrogens is 507 g/mol. The maximum atomic E-state index is 15.3. The van der Waals surface area contributed by atoms with E-state index in [1.807, 2.05) is 0 Å². The quantitative estimate of drug-likeness (QED) is 0.309. The number of nitrogens with zero attached hydrogens (tertiary/aromatic N) is 1. The Bertz CT molecular complexity index is 1770. The normalized spacial score (nSPS) is 11.6. The van der Waals surface area contributed by atoms with Gasteiger partial charge >= 0.3 is 0 Å². The van der Waals surface area contributed by atoms with Gasteiger partial charge in [-0.25, -0.2) is 12.8 Å². The third kappa shape index (κ3) is 4.38. The fraction of sp³-hybridized carbons (Fsp3) is 0.0769. The van der Waals surface area contributed by atoms with Gasteiger partial charge in [0.05, 0.1) is 17.7 Å². The Labute approximate surface area is 210 Å². The molecule has 1 N–H and O–H groups in total. The molecule has 182 valence electrons. The molecule has 0 amide bonds. The highest BCUT2D eigenvalue weighted by atomic mass is 35.5. The van der Waals surface area contributed by atoms with Crippen LogP contribution in [0.1, 0.15) is 5.69 Å². The molecule has 0 atom stereocenters. The Hall–Kier alpha value is -3.95. The summed E-state index contributed by atoms with van der Waals surface area (Å²) in [6.45, 7) is 0. The van der Waals surface area contributed by atoms with Crippen molar-refractivity contribution in [3.05, 3.63) is 100 Å². The van der Waals surface area contributed by atoms with E-state index in [2.05, 4.69) is 10.1 Å². The number of H-pyrrole nitrogens is 1. The van der Waals surface area contributed by atoms with E-state index >= 15 is 4.39 Å². The predicted octanol–water partition coefficient (Wildman–Crippen LogP) is 5.63. The van der Waals surface area contributed by atoms with Gasteiger partial charge in [0, 0.05) is 39.4 Å².